The molecule has 0 amide bonds. The predicted octanol–water partition coefficient (Wildman–Crippen LogP) is 1.83. The van der Waals surface area contributed by atoms with Crippen LogP contribution < -0.4 is 5.43 Å². The highest BCUT2D eigenvalue weighted by Crippen LogP contribution is 2.16. The highest BCUT2D eigenvalue weighted by Gasteiger charge is 2.18. The number of fused-ring (bicyclic) bond motifs is 1. The second-order valence-corrected chi connectivity index (χ2v) is 6.85. The Morgan fingerprint density at radius 2 is 2.15 bits per heavy atom. The summed E-state index contributed by atoms with van der Waals surface area (Å²) >= 11 is 3.33. The van der Waals surface area contributed by atoms with Gasteiger partial charge in [0, 0.05) is 43.0 Å². The molecule has 1 saturated heterocycles. The van der Waals surface area contributed by atoms with E-state index in [-0.39, 0.29) is 17.6 Å². The first-order valence-corrected chi connectivity index (χ1v) is 9.16. The fraction of sp³-hybridized carbons (Fsp3) is 0.389. The van der Waals surface area contributed by atoms with Crippen LogP contribution in [0.4, 0.5) is 0 Å². The molecule has 8 heteroatoms. The molecule has 3 rings (SSSR count). The minimum atomic E-state index is -0.656. The first-order valence-electron chi connectivity index (χ1n) is 8.37. The number of morpholine rings is 1. The summed E-state index contributed by atoms with van der Waals surface area (Å²) in [6.07, 6.45) is 4.65. The number of carbonyl (C=O) groups is 1. The molecule has 0 radical (unpaired) electrons. The minimum Gasteiger partial charge on any atom is -0.458 e. The highest BCUT2D eigenvalue weighted by atomic mass is 79.9. The van der Waals surface area contributed by atoms with Gasteiger partial charge in [-0.3, -0.25) is 9.69 Å². The largest absolute Gasteiger partial charge is 0.458 e. The molecule has 0 saturated carbocycles. The van der Waals surface area contributed by atoms with E-state index in [0.717, 1.165) is 32.8 Å². The smallest absolute Gasteiger partial charge is 0.343 e. The number of nitrogens with zero attached hydrogens (tertiary/aromatic N) is 3. The minimum absolute atomic E-state index is 0.00114. The van der Waals surface area contributed by atoms with Crippen LogP contribution in [-0.2, 0) is 16.0 Å². The molecular weight excluding hydrogens is 402 g/mol. The molecule has 138 valence electrons. The number of ether oxygens (including phenoxy) is 2. The zero-order chi connectivity index (χ0) is 18.5. The van der Waals surface area contributed by atoms with Crippen molar-refractivity contribution in [3.8, 4) is 0 Å². The van der Waals surface area contributed by atoms with Gasteiger partial charge in [0.1, 0.15) is 17.8 Å². The SMILES string of the molecule is C=CCOC(=O)c1cn(CCN2CCOCC2)c2ncc(Br)cc2c1=O. The van der Waals surface area contributed by atoms with E-state index in [2.05, 4.69) is 32.4 Å². The number of carbonyl (C=O) groups excluding carboxylic acids is 1. The van der Waals surface area contributed by atoms with E-state index in [1.165, 1.54) is 12.3 Å². The molecule has 7 nitrogen and oxygen atoms in total. The lowest BCUT2D eigenvalue weighted by Gasteiger charge is -2.27. The molecular formula is C18H20BrN3O4. The molecule has 0 N–H and O–H groups in total. The van der Waals surface area contributed by atoms with Gasteiger partial charge in [0.05, 0.1) is 18.6 Å². The van der Waals surface area contributed by atoms with Crippen LogP contribution in [-0.4, -0.2) is 59.9 Å². The standard InChI is InChI=1S/C18H20BrN3O4/c1-2-7-26-18(24)15-12-22(4-3-21-5-8-25-9-6-21)17-14(16(15)23)10-13(19)11-20-17/h2,10-12H,1,3-9H2. The zero-order valence-electron chi connectivity index (χ0n) is 14.3. The Morgan fingerprint density at radius 1 is 1.38 bits per heavy atom. The number of hydrogen-bond acceptors (Lipinski definition) is 6. The number of pyridine rings is 2. The monoisotopic (exact) mass is 421 g/mol. The average molecular weight is 422 g/mol. The summed E-state index contributed by atoms with van der Waals surface area (Å²) in [6, 6.07) is 1.68. The molecule has 1 aliphatic rings. The van der Waals surface area contributed by atoms with Crippen LogP contribution in [0.2, 0.25) is 0 Å². The summed E-state index contributed by atoms with van der Waals surface area (Å²) in [6.45, 7) is 8.12. The quantitative estimate of drug-likeness (QED) is 0.523. The Kier molecular flexibility index (Phi) is 6.18. The van der Waals surface area contributed by atoms with Crippen molar-refractivity contribution in [2.75, 3.05) is 39.5 Å². The normalized spacial score (nSPS) is 15.1. The summed E-state index contributed by atoms with van der Waals surface area (Å²) in [5.41, 5.74) is 0.165. The first-order chi connectivity index (χ1) is 12.6. The third-order valence-electron chi connectivity index (χ3n) is 4.19. The number of aromatic nitrogens is 2. The topological polar surface area (TPSA) is 73.7 Å². The Morgan fingerprint density at radius 3 is 2.88 bits per heavy atom. The second kappa shape index (κ2) is 8.57. The highest BCUT2D eigenvalue weighted by molar-refractivity contribution is 9.10. The third kappa shape index (κ3) is 4.20. The fourth-order valence-corrected chi connectivity index (χ4v) is 3.18. The molecule has 2 aromatic heterocycles. The van der Waals surface area contributed by atoms with Gasteiger partial charge in [0.2, 0.25) is 5.43 Å². The van der Waals surface area contributed by atoms with Crippen molar-refractivity contribution in [3.05, 3.63) is 51.4 Å². The van der Waals surface area contributed by atoms with Crippen molar-refractivity contribution in [3.63, 3.8) is 0 Å². The molecule has 0 spiro atoms. The van der Waals surface area contributed by atoms with Crippen LogP contribution in [0, 0.1) is 0 Å². The van der Waals surface area contributed by atoms with Gasteiger partial charge in [-0.25, -0.2) is 9.78 Å². The van der Waals surface area contributed by atoms with Crippen molar-refractivity contribution < 1.29 is 14.3 Å². The van der Waals surface area contributed by atoms with Gasteiger partial charge < -0.3 is 14.0 Å². The third-order valence-corrected chi connectivity index (χ3v) is 4.63. The van der Waals surface area contributed by atoms with Gasteiger partial charge in [-0.1, -0.05) is 12.7 Å². The lowest BCUT2D eigenvalue weighted by molar-refractivity contribution is 0.0365. The maximum atomic E-state index is 12.7. The molecule has 0 bridgehead atoms. The van der Waals surface area contributed by atoms with Gasteiger partial charge in [0.15, 0.2) is 0 Å². The molecule has 0 aliphatic carbocycles. The number of halogens is 1. The van der Waals surface area contributed by atoms with E-state index in [0.29, 0.717) is 22.1 Å². The van der Waals surface area contributed by atoms with Gasteiger partial charge in [-0.2, -0.15) is 0 Å². The second-order valence-electron chi connectivity index (χ2n) is 5.93. The van der Waals surface area contributed by atoms with E-state index in [1.807, 2.05) is 4.57 Å². The van der Waals surface area contributed by atoms with Crippen molar-refractivity contribution in [2.24, 2.45) is 0 Å². The summed E-state index contributed by atoms with van der Waals surface area (Å²) in [4.78, 5) is 31.6. The Labute approximate surface area is 159 Å². The van der Waals surface area contributed by atoms with Gasteiger partial charge >= 0.3 is 5.97 Å². The molecule has 1 aliphatic heterocycles. The van der Waals surface area contributed by atoms with Gasteiger partial charge in [-0.05, 0) is 22.0 Å². The maximum absolute atomic E-state index is 12.7. The molecule has 1 fully saturated rings. The maximum Gasteiger partial charge on any atom is 0.343 e. The van der Waals surface area contributed by atoms with Crippen LogP contribution in [0.15, 0.2) is 40.4 Å². The molecule has 0 unspecified atom stereocenters. The van der Waals surface area contributed by atoms with E-state index in [4.69, 9.17) is 9.47 Å². The summed E-state index contributed by atoms with van der Waals surface area (Å²) in [7, 11) is 0. The Bertz CT molecular complexity index is 875. The molecule has 0 aromatic carbocycles. The fourth-order valence-electron chi connectivity index (χ4n) is 2.85. The Balaban J connectivity index is 1.96. The van der Waals surface area contributed by atoms with E-state index < -0.39 is 5.97 Å². The average Bonchev–Trinajstić information content (AvgIpc) is 2.66. The molecule has 0 atom stereocenters. The van der Waals surface area contributed by atoms with Gasteiger partial charge in [-0.15, -0.1) is 0 Å². The van der Waals surface area contributed by atoms with Gasteiger partial charge in [0.25, 0.3) is 0 Å². The lowest BCUT2D eigenvalue weighted by Crippen LogP contribution is -2.38. The van der Waals surface area contributed by atoms with Crippen LogP contribution in [0.3, 0.4) is 0 Å². The van der Waals surface area contributed by atoms with E-state index >= 15 is 0 Å². The van der Waals surface area contributed by atoms with E-state index in [9.17, 15) is 9.59 Å². The molecule has 26 heavy (non-hydrogen) atoms. The van der Waals surface area contributed by atoms with Crippen molar-refractivity contribution in [1.82, 2.24) is 14.5 Å². The van der Waals surface area contributed by atoms with E-state index in [1.54, 1.807) is 12.3 Å². The van der Waals surface area contributed by atoms with Crippen LogP contribution in [0.1, 0.15) is 10.4 Å². The summed E-state index contributed by atoms with van der Waals surface area (Å²) < 4.78 is 12.9. The number of esters is 1. The lowest BCUT2D eigenvalue weighted by atomic mass is 10.2. The number of hydrogen-bond donors (Lipinski definition) is 0. The number of rotatable bonds is 6. The first kappa shape index (κ1) is 18.8. The summed E-state index contributed by atoms with van der Waals surface area (Å²) in [5.74, 6) is -0.656. The molecule has 3 heterocycles. The summed E-state index contributed by atoms with van der Waals surface area (Å²) in [5, 5.41) is 0.384. The molecule has 2 aromatic rings. The van der Waals surface area contributed by atoms with Crippen molar-refractivity contribution >= 4 is 32.9 Å². The predicted molar refractivity (Wildman–Crippen MR) is 101 cm³/mol. The van der Waals surface area contributed by atoms with Crippen molar-refractivity contribution in [1.29, 1.82) is 0 Å². The zero-order valence-corrected chi connectivity index (χ0v) is 15.9. The Hall–Kier alpha value is -2.03. The van der Waals surface area contributed by atoms with Crippen molar-refractivity contribution in [2.45, 2.75) is 6.54 Å². The van der Waals surface area contributed by atoms with Crippen LogP contribution >= 0.6 is 15.9 Å². The van der Waals surface area contributed by atoms with Crippen LogP contribution in [0.5, 0.6) is 0 Å². The van der Waals surface area contributed by atoms with Crippen LogP contribution in [0.25, 0.3) is 11.0 Å².